The van der Waals surface area contributed by atoms with Crippen molar-refractivity contribution in [3.8, 4) is 0 Å². The first kappa shape index (κ1) is 9.70. The molecule has 6 heteroatoms. The summed E-state index contributed by atoms with van der Waals surface area (Å²) >= 11 is 0. The first-order valence-corrected chi connectivity index (χ1v) is 2.81. The van der Waals surface area contributed by atoms with Gasteiger partial charge < -0.3 is 5.11 Å². The Balaban J connectivity index is 4.12. The SMILES string of the molecule is C[C@H](C(=O)OO)N(C)C(=O)O. The van der Waals surface area contributed by atoms with Crippen LogP contribution in [-0.4, -0.2) is 40.4 Å². The summed E-state index contributed by atoms with van der Waals surface area (Å²) in [6.45, 7) is 1.30. The average Bonchev–Trinajstić information content (AvgIpc) is 2.00. The molecule has 0 aliphatic carbocycles. The van der Waals surface area contributed by atoms with Crippen LogP contribution < -0.4 is 0 Å². The van der Waals surface area contributed by atoms with Crippen LogP contribution in [-0.2, 0) is 9.68 Å². The zero-order valence-electron chi connectivity index (χ0n) is 6.14. The number of hydrogen-bond donors (Lipinski definition) is 2. The molecule has 0 bridgehead atoms. The lowest BCUT2D eigenvalue weighted by molar-refractivity contribution is -0.238. The summed E-state index contributed by atoms with van der Waals surface area (Å²) in [7, 11) is 1.20. The monoisotopic (exact) mass is 163 g/mol. The van der Waals surface area contributed by atoms with Crippen LogP contribution in [0.25, 0.3) is 0 Å². The number of amides is 1. The molecule has 64 valence electrons. The summed E-state index contributed by atoms with van der Waals surface area (Å²) in [5.41, 5.74) is 0. The predicted octanol–water partition coefficient (Wildman–Crippen LogP) is 0.000900. The maximum absolute atomic E-state index is 10.5. The first-order valence-electron chi connectivity index (χ1n) is 2.81. The van der Waals surface area contributed by atoms with Crippen molar-refractivity contribution in [1.29, 1.82) is 0 Å². The van der Waals surface area contributed by atoms with E-state index in [1.165, 1.54) is 14.0 Å². The van der Waals surface area contributed by atoms with E-state index in [-0.39, 0.29) is 0 Å². The Kier molecular flexibility index (Phi) is 3.32. The average molecular weight is 163 g/mol. The smallest absolute Gasteiger partial charge is 0.407 e. The highest BCUT2D eigenvalue weighted by Crippen LogP contribution is 1.97. The van der Waals surface area contributed by atoms with E-state index in [9.17, 15) is 9.59 Å². The normalized spacial score (nSPS) is 11.9. The maximum Gasteiger partial charge on any atom is 0.407 e. The summed E-state index contributed by atoms with van der Waals surface area (Å²) in [5, 5.41) is 16.2. The molecule has 0 fully saturated rings. The van der Waals surface area contributed by atoms with E-state index in [1.807, 2.05) is 0 Å². The molecular formula is C5H9NO5. The van der Waals surface area contributed by atoms with E-state index < -0.39 is 18.1 Å². The Morgan fingerprint density at radius 2 is 2.00 bits per heavy atom. The molecule has 0 aromatic rings. The summed E-state index contributed by atoms with van der Waals surface area (Å²) in [4.78, 5) is 24.7. The molecule has 0 radical (unpaired) electrons. The zero-order chi connectivity index (χ0) is 9.02. The lowest BCUT2D eigenvalue weighted by Crippen LogP contribution is -2.40. The number of carbonyl (C=O) groups is 2. The van der Waals surface area contributed by atoms with Crippen LogP contribution in [0.2, 0.25) is 0 Å². The highest BCUT2D eigenvalue weighted by molar-refractivity contribution is 5.79. The fourth-order valence-electron chi connectivity index (χ4n) is 0.400. The van der Waals surface area contributed by atoms with Crippen LogP contribution >= 0.6 is 0 Å². The first-order chi connectivity index (χ1) is 5.00. The lowest BCUT2D eigenvalue weighted by atomic mass is 10.3. The number of carbonyl (C=O) groups excluding carboxylic acids is 1. The van der Waals surface area contributed by atoms with Crippen LogP contribution in [0.1, 0.15) is 6.92 Å². The van der Waals surface area contributed by atoms with Gasteiger partial charge in [-0.3, -0.25) is 9.79 Å². The van der Waals surface area contributed by atoms with E-state index in [1.54, 1.807) is 0 Å². The van der Waals surface area contributed by atoms with Crippen LogP contribution in [0.3, 0.4) is 0 Å². The van der Waals surface area contributed by atoms with Crippen LogP contribution in [0.5, 0.6) is 0 Å². The highest BCUT2D eigenvalue weighted by atomic mass is 17.1. The number of likely N-dealkylation sites (N-methyl/N-ethyl adjacent to an activating group) is 1. The molecule has 0 saturated heterocycles. The number of carboxylic acid groups (broad SMARTS) is 1. The second-order valence-electron chi connectivity index (χ2n) is 1.98. The molecule has 0 aromatic heterocycles. The Bertz CT molecular complexity index is 168. The summed E-state index contributed by atoms with van der Waals surface area (Å²) in [6, 6.07) is -1.00. The number of nitrogens with zero attached hydrogens (tertiary/aromatic N) is 1. The third-order valence-corrected chi connectivity index (χ3v) is 1.31. The third kappa shape index (κ3) is 2.42. The van der Waals surface area contributed by atoms with Crippen molar-refractivity contribution < 1.29 is 24.8 Å². The summed E-state index contributed by atoms with van der Waals surface area (Å²) in [5.74, 6) is -1.00. The Morgan fingerprint density at radius 3 is 2.27 bits per heavy atom. The van der Waals surface area contributed by atoms with Gasteiger partial charge in [-0.05, 0) is 6.92 Å². The minimum absolute atomic E-state index is 0.721. The maximum atomic E-state index is 10.5. The molecule has 1 atom stereocenters. The lowest BCUT2D eigenvalue weighted by Gasteiger charge is -2.17. The van der Waals surface area contributed by atoms with Crippen molar-refractivity contribution in [2.75, 3.05) is 7.05 Å². The molecule has 0 aliphatic heterocycles. The molecule has 0 rings (SSSR count). The topological polar surface area (TPSA) is 87.1 Å². The van der Waals surface area contributed by atoms with Gasteiger partial charge in [0.2, 0.25) is 0 Å². The highest BCUT2D eigenvalue weighted by Gasteiger charge is 2.23. The second kappa shape index (κ2) is 3.77. The van der Waals surface area contributed by atoms with Gasteiger partial charge in [0.25, 0.3) is 0 Å². The van der Waals surface area contributed by atoms with Crippen LogP contribution in [0, 0.1) is 0 Å². The predicted molar refractivity (Wildman–Crippen MR) is 34.0 cm³/mol. The van der Waals surface area contributed by atoms with E-state index in [4.69, 9.17) is 10.4 Å². The van der Waals surface area contributed by atoms with Crippen LogP contribution in [0.4, 0.5) is 4.79 Å². The molecule has 0 saturated carbocycles. The molecule has 1 amide bonds. The molecular weight excluding hydrogens is 154 g/mol. The molecule has 2 N–H and O–H groups in total. The van der Waals surface area contributed by atoms with E-state index in [0.29, 0.717) is 0 Å². The number of hydrogen-bond acceptors (Lipinski definition) is 4. The Labute approximate surface area is 62.9 Å². The van der Waals surface area contributed by atoms with Crippen molar-refractivity contribution in [3.63, 3.8) is 0 Å². The third-order valence-electron chi connectivity index (χ3n) is 1.31. The van der Waals surface area contributed by atoms with Gasteiger partial charge in [-0.25, -0.2) is 9.59 Å². The van der Waals surface area contributed by atoms with E-state index >= 15 is 0 Å². The largest absolute Gasteiger partial charge is 0.465 e. The van der Waals surface area contributed by atoms with E-state index in [2.05, 4.69) is 4.89 Å². The molecule has 0 aromatic carbocycles. The Hall–Kier alpha value is -1.30. The zero-order valence-corrected chi connectivity index (χ0v) is 6.14. The summed E-state index contributed by atoms with van der Waals surface area (Å²) in [6.07, 6.45) is -1.26. The van der Waals surface area contributed by atoms with Crippen molar-refractivity contribution in [3.05, 3.63) is 0 Å². The van der Waals surface area contributed by atoms with Crippen LogP contribution in [0.15, 0.2) is 0 Å². The fraction of sp³-hybridized carbons (Fsp3) is 0.600. The molecule has 0 aliphatic rings. The van der Waals surface area contributed by atoms with Crippen molar-refractivity contribution in [2.45, 2.75) is 13.0 Å². The fourth-order valence-corrected chi connectivity index (χ4v) is 0.400. The van der Waals surface area contributed by atoms with Gasteiger partial charge in [0.05, 0.1) is 0 Å². The van der Waals surface area contributed by atoms with Crippen molar-refractivity contribution in [1.82, 2.24) is 4.90 Å². The van der Waals surface area contributed by atoms with Gasteiger partial charge in [-0.15, -0.1) is 0 Å². The van der Waals surface area contributed by atoms with Gasteiger partial charge in [-0.1, -0.05) is 0 Å². The quantitative estimate of drug-likeness (QED) is 0.442. The molecule has 11 heavy (non-hydrogen) atoms. The van der Waals surface area contributed by atoms with E-state index in [0.717, 1.165) is 4.90 Å². The van der Waals surface area contributed by atoms with Crippen molar-refractivity contribution >= 4 is 12.1 Å². The number of rotatable bonds is 2. The molecule has 0 unspecified atom stereocenters. The molecule has 0 spiro atoms. The Morgan fingerprint density at radius 1 is 1.55 bits per heavy atom. The van der Waals surface area contributed by atoms with Gasteiger partial charge in [0, 0.05) is 7.05 Å². The standard InChI is InChI=1S/C5H9NO5/c1-3(4(7)11-10)6(2)5(8)9/h3,10H,1-2H3,(H,8,9)/t3-/m1/s1. The second-order valence-corrected chi connectivity index (χ2v) is 1.98. The minimum atomic E-state index is -1.26. The van der Waals surface area contributed by atoms with Crippen molar-refractivity contribution in [2.24, 2.45) is 0 Å². The van der Waals surface area contributed by atoms with Gasteiger partial charge in [0.15, 0.2) is 0 Å². The molecule has 0 heterocycles. The van der Waals surface area contributed by atoms with Gasteiger partial charge >= 0.3 is 12.1 Å². The minimum Gasteiger partial charge on any atom is -0.465 e. The molecule has 6 nitrogen and oxygen atoms in total. The van der Waals surface area contributed by atoms with Gasteiger partial charge in [0.1, 0.15) is 6.04 Å². The van der Waals surface area contributed by atoms with Gasteiger partial charge in [-0.2, -0.15) is 5.26 Å². The summed E-state index contributed by atoms with van der Waals surface area (Å²) < 4.78 is 0.